The fourth-order valence-electron chi connectivity index (χ4n) is 3.58. The number of rotatable bonds is 4. The molecule has 25 heavy (non-hydrogen) atoms. The van der Waals surface area contributed by atoms with Crippen molar-refractivity contribution in [3.05, 3.63) is 33.3 Å². The second-order valence-corrected chi connectivity index (χ2v) is 5.27. The van der Waals surface area contributed by atoms with Gasteiger partial charge in [-0.1, -0.05) is 0 Å². The molecule has 0 aliphatic carbocycles. The molecule has 144 valence electrons. The average Bonchev–Trinajstić information content (AvgIpc) is 2.56. The molecule has 0 radical (unpaired) electrons. The van der Waals surface area contributed by atoms with Crippen molar-refractivity contribution in [3.8, 4) is 0 Å². The van der Waals surface area contributed by atoms with E-state index in [-0.39, 0.29) is 45.0 Å². The number of hydrogen-bond acceptors (Lipinski definition) is 0. The Morgan fingerprint density at radius 1 is 0.440 bits per heavy atom. The predicted octanol–water partition coefficient (Wildman–Crippen LogP) is 0.251. The fourth-order valence-corrected chi connectivity index (χ4v) is 3.58. The Balaban J connectivity index is -0.0000000345. The summed E-state index contributed by atoms with van der Waals surface area (Å²) >= 11 is 0. The van der Waals surface area contributed by atoms with E-state index in [1.807, 2.05) is 0 Å². The Labute approximate surface area is 185 Å². The minimum absolute atomic E-state index is 0. The van der Waals surface area contributed by atoms with Gasteiger partial charge in [-0.2, -0.15) is 0 Å². The molecule has 0 saturated carbocycles. The van der Waals surface area contributed by atoms with E-state index in [0.29, 0.717) is 24.2 Å². The van der Waals surface area contributed by atoms with Crippen molar-refractivity contribution in [2.75, 3.05) is 0 Å². The standard InChI is InChI=1S/C12H28N.5CO.HI.Mo/c1-9(2)13(10(3)4,11(5)6)12(7)8;5*1-2;;/h9-12H,1-8H3;;;;;;1H;/q+1;;;;;;;/p-1. The molecule has 0 heterocycles. The van der Waals surface area contributed by atoms with Crippen LogP contribution in [0.3, 0.4) is 0 Å². The Morgan fingerprint density at radius 2 is 0.520 bits per heavy atom. The number of hydrogen-bond donors (Lipinski definition) is 0. The minimum atomic E-state index is 0. The summed E-state index contributed by atoms with van der Waals surface area (Å²) in [5.74, 6) is 0. The topological polar surface area (TPSA) is 99.5 Å². The maximum atomic E-state index is 7.50. The molecule has 6 nitrogen and oxygen atoms in total. The summed E-state index contributed by atoms with van der Waals surface area (Å²) in [7, 11) is 0. The van der Waals surface area contributed by atoms with Gasteiger partial charge in [0.1, 0.15) is 0 Å². The SMILES string of the molecule is CC(C)[N+](C(C)C)(C(C)C)C(C)C.[C-]#[O+].[C-]#[O+].[C-]#[O+].[C-]#[O+].[C-]#[O+].[I-].[Mo]. The van der Waals surface area contributed by atoms with Crippen LogP contribution in [0.25, 0.3) is 0 Å². The van der Waals surface area contributed by atoms with Crippen LogP contribution in [-0.4, -0.2) is 28.7 Å². The molecule has 0 rings (SSSR count). The first-order chi connectivity index (χ1) is 10.8. The Kier molecular flexibility index (Phi) is 78.2. The maximum Gasteiger partial charge on any atom is 0 e. The summed E-state index contributed by atoms with van der Waals surface area (Å²) in [6.45, 7) is 41.3. The molecule has 8 heteroatoms. The van der Waals surface area contributed by atoms with Crippen molar-refractivity contribution in [2.24, 2.45) is 0 Å². The fraction of sp³-hybridized carbons (Fsp3) is 0.706. The van der Waals surface area contributed by atoms with Crippen LogP contribution in [0.5, 0.6) is 0 Å². The number of quaternary nitrogens is 1. The smallest absolute Gasteiger partial charge is 0 e. The number of nitrogens with zero attached hydrogens (tertiary/aromatic N) is 1. The normalized spacial score (nSPS) is 7.60. The summed E-state index contributed by atoms with van der Waals surface area (Å²) in [4.78, 5) is 0. The van der Waals surface area contributed by atoms with E-state index in [9.17, 15) is 0 Å². The van der Waals surface area contributed by atoms with E-state index < -0.39 is 0 Å². The molecule has 0 aromatic carbocycles. The molecular formula is C17H28IMoNO5. The number of halogens is 1. The second-order valence-electron chi connectivity index (χ2n) is 5.27. The van der Waals surface area contributed by atoms with Crippen LogP contribution < -0.4 is 24.0 Å². The van der Waals surface area contributed by atoms with Crippen LogP contribution in [0.1, 0.15) is 55.4 Å². The van der Waals surface area contributed by atoms with Crippen LogP contribution in [0.2, 0.25) is 0 Å². The van der Waals surface area contributed by atoms with Crippen LogP contribution in [0, 0.1) is 33.3 Å². The molecular weight excluding hydrogens is 521 g/mol. The summed E-state index contributed by atoms with van der Waals surface area (Å²) in [6.07, 6.45) is 0. The zero-order valence-corrected chi connectivity index (χ0v) is 20.2. The summed E-state index contributed by atoms with van der Waals surface area (Å²) in [5.41, 5.74) is 0. The van der Waals surface area contributed by atoms with Crippen molar-refractivity contribution in [1.29, 1.82) is 0 Å². The second kappa shape index (κ2) is 39.2. The third kappa shape index (κ3) is 20.2. The van der Waals surface area contributed by atoms with Crippen LogP contribution in [0.15, 0.2) is 0 Å². The van der Waals surface area contributed by atoms with Gasteiger partial charge in [0.05, 0.1) is 24.2 Å². The van der Waals surface area contributed by atoms with E-state index in [0.717, 1.165) is 0 Å². The third-order valence-electron chi connectivity index (χ3n) is 3.58. The average molecular weight is 549 g/mol. The van der Waals surface area contributed by atoms with E-state index >= 15 is 0 Å². The van der Waals surface area contributed by atoms with Crippen LogP contribution in [-0.2, 0) is 44.3 Å². The molecule has 0 aliphatic rings. The van der Waals surface area contributed by atoms with E-state index in [4.69, 9.17) is 23.3 Å². The van der Waals surface area contributed by atoms with Crippen LogP contribution >= 0.6 is 0 Å². The van der Waals surface area contributed by atoms with Crippen molar-refractivity contribution >= 4 is 0 Å². The largest absolute Gasteiger partial charge is 1.00 e. The van der Waals surface area contributed by atoms with Gasteiger partial charge in [-0.15, -0.1) is 0 Å². The first-order valence-corrected chi connectivity index (χ1v) is 6.67. The van der Waals surface area contributed by atoms with Gasteiger partial charge >= 0.3 is 56.5 Å². The summed E-state index contributed by atoms with van der Waals surface area (Å²) in [5, 5.41) is 0. The third-order valence-corrected chi connectivity index (χ3v) is 3.58. The van der Waals surface area contributed by atoms with Gasteiger partial charge < -0.3 is 28.5 Å². The van der Waals surface area contributed by atoms with Gasteiger partial charge in [0.2, 0.25) is 0 Å². The van der Waals surface area contributed by atoms with Gasteiger partial charge in [-0.05, 0) is 55.4 Å². The summed E-state index contributed by atoms with van der Waals surface area (Å²) < 4.78 is 38.7. The van der Waals surface area contributed by atoms with Gasteiger partial charge in [0, 0.05) is 21.1 Å². The zero-order valence-electron chi connectivity index (χ0n) is 16.1. The maximum absolute atomic E-state index is 7.50. The molecule has 0 aromatic rings. The van der Waals surface area contributed by atoms with Gasteiger partial charge in [-0.25, -0.2) is 0 Å². The van der Waals surface area contributed by atoms with Crippen molar-refractivity contribution in [2.45, 2.75) is 79.6 Å². The van der Waals surface area contributed by atoms with Crippen molar-refractivity contribution in [1.82, 2.24) is 0 Å². The molecule has 0 atom stereocenters. The van der Waals surface area contributed by atoms with Gasteiger partial charge in [-0.3, -0.25) is 0 Å². The molecule has 0 amide bonds. The quantitative estimate of drug-likeness (QED) is 0.158. The van der Waals surface area contributed by atoms with Crippen LogP contribution in [0.4, 0.5) is 0 Å². The molecule has 0 aromatic heterocycles. The van der Waals surface area contributed by atoms with E-state index in [1.54, 1.807) is 0 Å². The zero-order chi connectivity index (χ0) is 20.8. The monoisotopic (exact) mass is 551 g/mol. The molecule has 0 saturated heterocycles. The summed E-state index contributed by atoms with van der Waals surface area (Å²) in [6, 6.07) is 2.83. The molecule has 0 aliphatic heterocycles. The van der Waals surface area contributed by atoms with E-state index in [2.05, 4.69) is 88.6 Å². The predicted molar refractivity (Wildman–Crippen MR) is 80.5 cm³/mol. The molecule has 0 fully saturated rings. The first kappa shape index (κ1) is 49.8. The Hall–Kier alpha value is 0.0783. The molecule has 0 bridgehead atoms. The molecule has 0 N–H and O–H groups in total. The molecule has 0 spiro atoms. The Morgan fingerprint density at radius 3 is 0.520 bits per heavy atom. The van der Waals surface area contributed by atoms with Crippen molar-refractivity contribution in [3.63, 3.8) is 0 Å². The van der Waals surface area contributed by atoms with Crippen molar-refractivity contribution < 1.29 is 72.8 Å². The first-order valence-electron chi connectivity index (χ1n) is 6.67. The molecule has 0 unspecified atom stereocenters. The Bertz CT molecular complexity index is 262. The van der Waals surface area contributed by atoms with E-state index in [1.165, 1.54) is 4.48 Å². The minimum Gasteiger partial charge on any atom is -1.00 e. The van der Waals surface area contributed by atoms with Gasteiger partial charge in [0.25, 0.3) is 0 Å². The van der Waals surface area contributed by atoms with Gasteiger partial charge in [0.15, 0.2) is 0 Å².